The van der Waals surface area contributed by atoms with Crippen LogP contribution in [0, 0.1) is 5.92 Å². The molecule has 2 fully saturated rings. The number of hydrogen-bond acceptors (Lipinski definition) is 2. The molecule has 1 aliphatic heterocycles. The van der Waals surface area contributed by atoms with Crippen molar-refractivity contribution < 1.29 is 4.79 Å². The molecular formula is C14H27N3O. The number of carbonyl (C=O) groups is 1. The molecule has 0 bridgehead atoms. The molecule has 0 aromatic rings. The quantitative estimate of drug-likeness (QED) is 0.807. The molecule has 0 radical (unpaired) electrons. The zero-order valence-corrected chi connectivity index (χ0v) is 11.7. The largest absolute Gasteiger partial charge is 0.335 e. The molecule has 2 unspecified atom stereocenters. The minimum Gasteiger partial charge on any atom is -0.335 e. The van der Waals surface area contributed by atoms with E-state index < -0.39 is 0 Å². The van der Waals surface area contributed by atoms with Crippen molar-refractivity contribution in [1.29, 1.82) is 0 Å². The zero-order chi connectivity index (χ0) is 13.0. The number of nitrogens with one attached hydrogen (secondary N) is 2. The van der Waals surface area contributed by atoms with Gasteiger partial charge in [0.25, 0.3) is 0 Å². The molecule has 0 aromatic carbocycles. The van der Waals surface area contributed by atoms with Gasteiger partial charge in [-0.3, -0.25) is 0 Å². The molecule has 104 valence electrons. The SMILES string of the molecule is CCNC1CCN(C(=O)NC2CCCC2)CC1C. The highest BCUT2D eigenvalue weighted by molar-refractivity contribution is 5.74. The minimum atomic E-state index is 0.156. The second-order valence-corrected chi connectivity index (χ2v) is 5.81. The standard InChI is InChI=1S/C14H27N3O/c1-3-15-13-8-9-17(10-11(13)2)14(18)16-12-6-4-5-7-12/h11-13,15H,3-10H2,1-2H3,(H,16,18). The maximum Gasteiger partial charge on any atom is 0.317 e. The molecule has 2 rings (SSSR count). The van der Waals surface area contributed by atoms with Crippen molar-refractivity contribution in [3.63, 3.8) is 0 Å². The van der Waals surface area contributed by atoms with Crippen molar-refractivity contribution >= 4 is 6.03 Å². The van der Waals surface area contributed by atoms with Gasteiger partial charge in [0.1, 0.15) is 0 Å². The number of hydrogen-bond donors (Lipinski definition) is 2. The van der Waals surface area contributed by atoms with Crippen molar-refractivity contribution in [2.24, 2.45) is 5.92 Å². The molecule has 2 atom stereocenters. The van der Waals surface area contributed by atoms with Crippen molar-refractivity contribution in [1.82, 2.24) is 15.5 Å². The highest BCUT2D eigenvalue weighted by atomic mass is 16.2. The number of nitrogens with zero attached hydrogens (tertiary/aromatic N) is 1. The van der Waals surface area contributed by atoms with E-state index >= 15 is 0 Å². The van der Waals surface area contributed by atoms with Gasteiger partial charge in [-0.15, -0.1) is 0 Å². The molecule has 2 aliphatic rings. The maximum absolute atomic E-state index is 12.2. The molecule has 4 heteroatoms. The number of amides is 2. The predicted octanol–water partition coefficient (Wildman–Crippen LogP) is 1.96. The van der Waals surface area contributed by atoms with Gasteiger partial charge in [0.15, 0.2) is 0 Å². The lowest BCUT2D eigenvalue weighted by molar-refractivity contribution is 0.148. The van der Waals surface area contributed by atoms with E-state index in [1.54, 1.807) is 0 Å². The molecule has 0 spiro atoms. The summed E-state index contributed by atoms with van der Waals surface area (Å²) < 4.78 is 0. The second kappa shape index (κ2) is 6.41. The fourth-order valence-corrected chi connectivity index (χ4v) is 3.23. The smallest absolute Gasteiger partial charge is 0.317 e. The van der Waals surface area contributed by atoms with Gasteiger partial charge in [0.05, 0.1) is 0 Å². The van der Waals surface area contributed by atoms with Crippen LogP contribution in [0.4, 0.5) is 4.79 Å². The first-order valence-corrected chi connectivity index (χ1v) is 7.49. The first kappa shape index (κ1) is 13.7. The van der Waals surface area contributed by atoms with E-state index in [0.29, 0.717) is 18.0 Å². The van der Waals surface area contributed by atoms with Gasteiger partial charge in [-0.2, -0.15) is 0 Å². The van der Waals surface area contributed by atoms with Crippen LogP contribution < -0.4 is 10.6 Å². The van der Waals surface area contributed by atoms with Crippen molar-refractivity contribution in [2.45, 2.75) is 58.0 Å². The summed E-state index contributed by atoms with van der Waals surface area (Å²) in [6, 6.07) is 1.16. The second-order valence-electron chi connectivity index (χ2n) is 5.81. The van der Waals surface area contributed by atoms with Crippen LogP contribution in [0.15, 0.2) is 0 Å². The van der Waals surface area contributed by atoms with Gasteiger partial charge in [0, 0.05) is 25.2 Å². The third kappa shape index (κ3) is 3.37. The van der Waals surface area contributed by atoms with Gasteiger partial charge in [-0.1, -0.05) is 26.7 Å². The molecule has 1 saturated heterocycles. The van der Waals surface area contributed by atoms with Gasteiger partial charge in [-0.05, 0) is 31.7 Å². The lowest BCUT2D eigenvalue weighted by Crippen LogP contribution is -2.53. The fraction of sp³-hybridized carbons (Fsp3) is 0.929. The van der Waals surface area contributed by atoms with Crippen LogP contribution >= 0.6 is 0 Å². The van der Waals surface area contributed by atoms with Crippen LogP contribution in [0.2, 0.25) is 0 Å². The van der Waals surface area contributed by atoms with Crippen LogP contribution in [0.5, 0.6) is 0 Å². The molecule has 1 heterocycles. The minimum absolute atomic E-state index is 0.156. The highest BCUT2D eigenvalue weighted by Crippen LogP contribution is 2.20. The fourth-order valence-electron chi connectivity index (χ4n) is 3.23. The Morgan fingerprint density at radius 3 is 2.61 bits per heavy atom. The van der Waals surface area contributed by atoms with E-state index in [-0.39, 0.29) is 6.03 Å². The Morgan fingerprint density at radius 1 is 1.28 bits per heavy atom. The Kier molecular flexibility index (Phi) is 4.87. The number of rotatable bonds is 3. The van der Waals surface area contributed by atoms with Gasteiger partial charge in [0.2, 0.25) is 0 Å². The molecule has 4 nitrogen and oxygen atoms in total. The van der Waals surface area contributed by atoms with Crippen LogP contribution in [-0.2, 0) is 0 Å². The van der Waals surface area contributed by atoms with Crippen molar-refractivity contribution in [3.05, 3.63) is 0 Å². The normalized spacial score (nSPS) is 29.6. The summed E-state index contributed by atoms with van der Waals surface area (Å²) in [6.07, 6.45) is 5.94. The molecule has 1 aliphatic carbocycles. The van der Waals surface area contributed by atoms with Gasteiger partial charge >= 0.3 is 6.03 Å². The van der Waals surface area contributed by atoms with E-state index in [0.717, 1.165) is 38.9 Å². The van der Waals surface area contributed by atoms with Crippen LogP contribution in [0.1, 0.15) is 46.0 Å². The Morgan fingerprint density at radius 2 is 2.00 bits per heavy atom. The Labute approximate surface area is 110 Å². The van der Waals surface area contributed by atoms with Crippen LogP contribution in [0.25, 0.3) is 0 Å². The summed E-state index contributed by atoms with van der Waals surface area (Å²) >= 11 is 0. The summed E-state index contributed by atoms with van der Waals surface area (Å²) in [5.74, 6) is 0.549. The van der Waals surface area contributed by atoms with Gasteiger partial charge < -0.3 is 15.5 Å². The van der Waals surface area contributed by atoms with E-state index in [1.807, 2.05) is 4.90 Å². The molecule has 2 amide bonds. The zero-order valence-electron chi connectivity index (χ0n) is 11.7. The Hall–Kier alpha value is -0.770. The third-order valence-corrected chi connectivity index (χ3v) is 4.34. The molecular weight excluding hydrogens is 226 g/mol. The van der Waals surface area contributed by atoms with E-state index in [1.165, 1.54) is 12.8 Å². The summed E-state index contributed by atoms with van der Waals surface area (Å²) in [4.78, 5) is 14.2. The highest BCUT2D eigenvalue weighted by Gasteiger charge is 2.29. The maximum atomic E-state index is 12.2. The molecule has 1 saturated carbocycles. The topological polar surface area (TPSA) is 44.4 Å². The summed E-state index contributed by atoms with van der Waals surface area (Å²) in [5.41, 5.74) is 0. The predicted molar refractivity (Wildman–Crippen MR) is 73.6 cm³/mol. The lowest BCUT2D eigenvalue weighted by Gasteiger charge is -2.37. The number of urea groups is 1. The Balaban J connectivity index is 1.78. The third-order valence-electron chi connectivity index (χ3n) is 4.34. The number of likely N-dealkylation sites (tertiary alicyclic amines) is 1. The monoisotopic (exact) mass is 253 g/mol. The number of carbonyl (C=O) groups excluding carboxylic acids is 1. The first-order chi connectivity index (χ1) is 8.70. The van der Waals surface area contributed by atoms with E-state index in [9.17, 15) is 4.79 Å². The van der Waals surface area contributed by atoms with Crippen LogP contribution in [0.3, 0.4) is 0 Å². The summed E-state index contributed by atoms with van der Waals surface area (Å²) in [5, 5.41) is 6.69. The van der Waals surface area contributed by atoms with Crippen molar-refractivity contribution in [3.8, 4) is 0 Å². The first-order valence-electron chi connectivity index (χ1n) is 7.49. The summed E-state index contributed by atoms with van der Waals surface area (Å²) in [6.45, 7) is 7.17. The molecule has 0 aromatic heterocycles. The van der Waals surface area contributed by atoms with E-state index in [2.05, 4.69) is 24.5 Å². The Bertz CT molecular complexity index is 276. The lowest BCUT2D eigenvalue weighted by atomic mass is 9.94. The number of piperidine rings is 1. The molecule has 18 heavy (non-hydrogen) atoms. The van der Waals surface area contributed by atoms with Crippen molar-refractivity contribution in [2.75, 3.05) is 19.6 Å². The summed E-state index contributed by atoms with van der Waals surface area (Å²) in [7, 11) is 0. The van der Waals surface area contributed by atoms with Gasteiger partial charge in [-0.25, -0.2) is 4.79 Å². The molecule has 2 N–H and O–H groups in total. The van der Waals surface area contributed by atoms with E-state index in [4.69, 9.17) is 0 Å². The average Bonchev–Trinajstić information content (AvgIpc) is 2.84. The average molecular weight is 253 g/mol. The van der Waals surface area contributed by atoms with Crippen LogP contribution in [-0.4, -0.2) is 42.6 Å².